The molecule has 0 radical (unpaired) electrons. The van der Waals surface area contributed by atoms with Crippen molar-refractivity contribution in [1.82, 2.24) is 14.8 Å². The minimum atomic E-state index is -3.79. The SMILES string of the molecule is Cc1nnc(Sc2ccc(S(N)(=O)=O)c(N)c2)n1C. The maximum absolute atomic E-state index is 11.2. The van der Waals surface area contributed by atoms with E-state index in [9.17, 15) is 8.42 Å². The predicted octanol–water partition coefficient (Wildman–Crippen LogP) is 0.504. The van der Waals surface area contributed by atoms with E-state index >= 15 is 0 Å². The molecular weight excluding hydrogens is 286 g/mol. The summed E-state index contributed by atoms with van der Waals surface area (Å²) in [5.74, 6) is 0.789. The molecule has 4 N–H and O–H groups in total. The summed E-state index contributed by atoms with van der Waals surface area (Å²) in [4.78, 5) is 0.686. The molecule has 9 heteroatoms. The van der Waals surface area contributed by atoms with E-state index in [1.807, 2.05) is 18.5 Å². The Morgan fingerprint density at radius 1 is 1.32 bits per heavy atom. The van der Waals surface area contributed by atoms with Gasteiger partial charge in [-0.15, -0.1) is 10.2 Å². The van der Waals surface area contributed by atoms with Gasteiger partial charge in [-0.1, -0.05) is 0 Å². The molecule has 0 bridgehead atoms. The summed E-state index contributed by atoms with van der Waals surface area (Å²) >= 11 is 1.34. The molecule has 0 aliphatic rings. The topological polar surface area (TPSA) is 117 Å². The normalized spacial score (nSPS) is 11.7. The van der Waals surface area contributed by atoms with Crippen LogP contribution in [0.2, 0.25) is 0 Å². The highest BCUT2D eigenvalue weighted by atomic mass is 32.2. The summed E-state index contributed by atoms with van der Waals surface area (Å²) in [6, 6.07) is 4.56. The van der Waals surface area contributed by atoms with E-state index in [-0.39, 0.29) is 10.6 Å². The summed E-state index contributed by atoms with van der Waals surface area (Å²) in [6.45, 7) is 1.84. The summed E-state index contributed by atoms with van der Waals surface area (Å²) in [6.07, 6.45) is 0. The van der Waals surface area contributed by atoms with Crippen LogP contribution in [-0.4, -0.2) is 23.2 Å². The number of aryl methyl sites for hydroxylation is 1. The maximum Gasteiger partial charge on any atom is 0.240 e. The molecule has 19 heavy (non-hydrogen) atoms. The zero-order valence-corrected chi connectivity index (χ0v) is 12.0. The van der Waals surface area contributed by atoms with Crippen LogP contribution in [0.1, 0.15) is 5.82 Å². The van der Waals surface area contributed by atoms with Gasteiger partial charge in [-0.25, -0.2) is 13.6 Å². The first-order valence-corrected chi connectivity index (χ1v) is 7.61. The standard InChI is InChI=1S/C10H13N5O2S2/c1-6-13-14-10(15(6)2)18-7-3-4-9(8(11)5-7)19(12,16)17/h3-5H,11H2,1-2H3,(H2,12,16,17). The third-order valence-corrected chi connectivity index (χ3v) is 4.56. The second kappa shape index (κ2) is 4.83. The lowest BCUT2D eigenvalue weighted by Gasteiger charge is -2.06. The van der Waals surface area contributed by atoms with Crippen molar-refractivity contribution in [2.24, 2.45) is 12.2 Å². The van der Waals surface area contributed by atoms with Crippen LogP contribution >= 0.6 is 11.8 Å². The average Bonchev–Trinajstić information content (AvgIpc) is 2.59. The number of primary sulfonamides is 1. The van der Waals surface area contributed by atoms with Crippen molar-refractivity contribution in [3.8, 4) is 0 Å². The highest BCUT2D eigenvalue weighted by molar-refractivity contribution is 7.99. The van der Waals surface area contributed by atoms with Crippen molar-refractivity contribution in [1.29, 1.82) is 0 Å². The van der Waals surface area contributed by atoms with Crippen LogP contribution in [-0.2, 0) is 17.1 Å². The Kier molecular flexibility index (Phi) is 3.52. The molecule has 1 heterocycles. The third kappa shape index (κ3) is 2.88. The molecule has 2 rings (SSSR count). The molecule has 0 spiro atoms. The fourth-order valence-electron chi connectivity index (χ4n) is 1.43. The molecule has 1 aromatic carbocycles. The van der Waals surface area contributed by atoms with Gasteiger partial charge in [0, 0.05) is 11.9 Å². The molecule has 0 aliphatic heterocycles. The van der Waals surface area contributed by atoms with Gasteiger partial charge in [-0.05, 0) is 36.9 Å². The highest BCUT2D eigenvalue weighted by Gasteiger charge is 2.14. The molecule has 0 atom stereocenters. The second-order valence-corrected chi connectivity index (χ2v) is 6.51. The van der Waals surface area contributed by atoms with Gasteiger partial charge in [0.15, 0.2) is 5.16 Å². The summed E-state index contributed by atoms with van der Waals surface area (Å²) < 4.78 is 24.3. The molecule has 7 nitrogen and oxygen atoms in total. The van der Waals surface area contributed by atoms with E-state index < -0.39 is 10.0 Å². The van der Waals surface area contributed by atoms with Gasteiger partial charge in [0.2, 0.25) is 10.0 Å². The predicted molar refractivity (Wildman–Crippen MR) is 72.1 cm³/mol. The quantitative estimate of drug-likeness (QED) is 0.797. The Morgan fingerprint density at radius 3 is 2.47 bits per heavy atom. The van der Waals surface area contributed by atoms with Gasteiger partial charge in [0.05, 0.1) is 5.69 Å². The molecular formula is C10H13N5O2S2. The second-order valence-electron chi connectivity index (χ2n) is 3.94. The first-order chi connectivity index (χ1) is 8.79. The molecule has 2 aromatic rings. The molecule has 1 aromatic heterocycles. The number of hydrogen-bond acceptors (Lipinski definition) is 6. The molecule has 0 aliphatic carbocycles. The van der Waals surface area contributed by atoms with E-state index in [4.69, 9.17) is 10.9 Å². The lowest BCUT2D eigenvalue weighted by atomic mass is 10.3. The van der Waals surface area contributed by atoms with Crippen LogP contribution in [0, 0.1) is 6.92 Å². The van der Waals surface area contributed by atoms with Crippen LogP contribution < -0.4 is 10.9 Å². The fraction of sp³-hybridized carbons (Fsp3) is 0.200. The average molecular weight is 299 g/mol. The third-order valence-electron chi connectivity index (χ3n) is 2.55. The highest BCUT2D eigenvalue weighted by Crippen LogP contribution is 2.29. The molecule has 0 fully saturated rings. The van der Waals surface area contributed by atoms with E-state index in [0.29, 0.717) is 5.16 Å². The zero-order chi connectivity index (χ0) is 14.2. The number of aromatic nitrogens is 3. The number of rotatable bonds is 3. The maximum atomic E-state index is 11.2. The van der Waals surface area contributed by atoms with Crippen molar-refractivity contribution in [2.75, 3.05) is 5.73 Å². The number of nitrogens with zero attached hydrogens (tertiary/aromatic N) is 3. The number of hydrogen-bond donors (Lipinski definition) is 2. The van der Waals surface area contributed by atoms with Gasteiger partial charge in [0.25, 0.3) is 0 Å². The summed E-state index contributed by atoms with van der Waals surface area (Å²) in [5, 5.41) is 13.7. The number of nitrogens with two attached hydrogens (primary N) is 2. The van der Waals surface area contributed by atoms with Gasteiger partial charge in [-0.3, -0.25) is 0 Å². The van der Waals surface area contributed by atoms with Gasteiger partial charge in [-0.2, -0.15) is 0 Å². The van der Waals surface area contributed by atoms with Gasteiger partial charge >= 0.3 is 0 Å². The monoisotopic (exact) mass is 299 g/mol. The van der Waals surface area contributed by atoms with E-state index in [1.54, 1.807) is 12.1 Å². The Morgan fingerprint density at radius 2 is 2.00 bits per heavy atom. The lowest BCUT2D eigenvalue weighted by molar-refractivity contribution is 0.598. The van der Waals surface area contributed by atoms with Crippen LogP contribution in [0.4, 0.5) is 5.69 Å². The molecule has 102 valence electrons. The van der Waals surface area contributed by atoms with E-state index in [2.05, 4.69) is 10.2 Å². The van der Waals surface area contributed by atoms with Gasteiger partial charge in [0.1, 0.15) is 10.7 Å². The Bertz CT molecular complexity index is 724. The van der Waals surface area contributed by atoms with Gasteiger partial charge < -0.3 is 10.3 Å². The minimum Gasteiger partial charge on any atom is -0.398 e. The van der Waals surface area contributed by atoms with Crippen LogP contribution in [0.3, 0.4) is 0 Å². The first-order valence-electron chi connectivity index (χ1n) is 5.25. The van der Waals surface area contributed by atoms with E-state index in [0.717, 1.165) is 10.7 Å². The largest absolute Gasteiger partial charge is 0.398 e. The van der Waals surface area contributed by atoms with Crippen molar-refractivity contribution in [2.45, 2.75) is 21.9 Å². The number of nitrogen functional groups attached to an aromatic ring is 1. The summed E-state index contributed by atoms with van der Waals surface area (Å²) in [7, 11) is -1.95. The minimum absolute atomic E-state index is 0.0778. The molecule has 0 amide bonds. The Labute approximate surface area is 115 Å². The first kappa shape index (κ1) is 13.8. The number of anilines is 1. The number of benzene rings is 1. The molecule has 0 saturated carbocycles. The summed E-state index contributed by atoms with van der Waals surface area (Å²) in [5.41, 5.74) is 5.81. The number of sulfonamides is 1. The van der Waals surface area contributed by atoms with Crippen molar-refractivity contribution in [3.05, 3.63) is 24.0 Å². The smallest absolute Gasteiger partial charge is 0.240 e. The lowest BCUT2D eigenvalue weighted by Crippen LogP contribution is -2.14. The van der Waals surface area contributed by atoms with Crippen LogP contribution in [0.15, 0.2) is 33.1 Å². The molecule has 0 saturated heterocycles. The van der Waals surface area contributed by atoms with Crippen molar-refractivity contribution in [3.63, 3.8) is 0 Å². The van der Waals surface area contributed by atoms with Crippen molar-refractivity contribution >= 4 is 27.5 Å². The Hall–Kier alpha value is -1.58. The van der Waals surface area contributed by atoms with Crippen LogP contribution in [0.25, 0.3) is 0 Å². The fourth-order valence-corrected chi connectivity index (χ4v) is 2.96. The van der Waals surface area contributed by atoms with Crippen molar-refractivity contribution < 1.29 is 8.42 Å². The molecule has 0 unspecified atom stereocenters. The zero-order valence-electron chi connectivity index (χ0n) is 10.4. The van der Waals surface area contributed by atoms with E-state index in [1.165, 1.54) is 17.8 Å². The Balaban J connectivity index is 2.34. The van der Waals surface area contributed by atoms with Crippen LogP contribution in [0.5, 0.6) is 0 Å².